The van der Waals surface area contributed by atoms with E-state index >= 15 is 0 Å². The van der Waals surface area contributed by atoms with E-state index in [9.17, 15) is 4.79 Å². The molecule has 1 aliphatic carbocycles. The number of anilines is 2. The predicted molar refractivity (Wildman–Crippen MR) is 118 cm³/mol. The van der Waals surface area contributed by atoms with E-state index in [2.05, 4.69) is 42.6 Å². The first kappa shape index (κ1) is 19.0. The van der Waals surface area contributed by atoms with Crippen molar-refractivity contribution in [3.63, 3.8) is 0 Å². The SMILES string of the molecule is C[C@@H]1COCCN1c1cc(-c2cc(NC(=O)C3CC3)[nH]n2)c2cnn(-c3cc[nH]n3)c2n1. The van der Waals surface area contributed by atoms with Crippen molar-refractivity contribution < 1.29 is 9.53 Å². The van der Waals surface area contributed by atoms with Crippen LogP contribution in [0.3, 0.4) is 0 Å². The number of aromatic amines is 2. The zero-order valence-electron chi connectivity index (χ0n) is 17.6. The third-order valence-corrected chi connectivity index (χ3v) is 5.95. The number of rotatable bonds is 5. The number of aromatic nitrogens is 7. The minimum atomic E-state index is 0.0363. The van der Waals surface area contributed by atoms with Crippen LogP contribution in [0.25, 0.3) is 28.1 Å². The second-order valence-corrected chi connectivity index (χ2v) is 8.30. The van der Waals surface area contributed by atoms with Gasteiger partial charge >= 0.3 is 0 Å². The molecule has 0 unspecified atom stereocenters. The van der Waals surface area contributed by atoms with Crippen LogP contribution in [0.2, 0.25) is 0 Å². The van der Waals surface area contributed by atoms with Crippen LogP contribution in [0, 0.1) is 5.92 Å². The lowest BCUT2D eigenvalue weighted by Gasteiger charge is -2.34. The fourth-order valence-corrected chi connectivity index (χ4v) is 4.06. The summed E-state index contributed by atoms with van der Waals surface area (Å²) in [5.74, 6) is 2.23. The van der Waals surface area contributed by atoms with Crippen molar-refractivity contribution in [1.29, 1.82) is 0 Å². The normalized spacial score (nSPS) is 18.9. The Bertz CT molecular complexity index is 1270. The molecule has 1 saturated heterocycles. The second-order valence-electron chi connectivity index (χ2n) is 8.30. The van der Waals surface area contributed by atoms with Crippen molar-refractivity contribution in [3.8, 4) is 17.1 Å². The lowest BCUT2D eigenvalue weighted by atomic mass is 10.1. The van der Waals surface area contributed by atoms with E-state index in [1.165, 1.54) is 0 Å². The van der Waals surface area contributed by atoms with Gasteiger partial charge in [-0.25, -0.2) is 4.98 Å². The average molecular weight is 433 g/mol. The summed E-state index contributed by atoms with van der Waals surface area (Å²) >= 11 is 0. The molecule has 2 aliphatic rings. The maximum absolute atomic E-state index is 12.2. The quantitative estimate of drug-likeness (QED) is 0.439. The molecule has 32 heavy (non-hydrogen) atoms. The monoisotopic (exact) mass is 433 g/mol. The van der Waals surface area contributed by atoms with Crippen molar-refractivity contribution in [2.24, 2.45) is 5.92 Å². The van der Waals surface area contributed by atoms with Gasteiger partial charge in [0.2, 0.25) is 5.91 Å². The molecule has 0 spiro atoms. The van der Waals surface area contributed by atoms with Gasteiger partial charge in [-0.1, -0.05) is 0 Å². The van der Waals surface area contributed by atoms with Gasteiger partial charge in [0.1, 0.15) is 11.6 Å². The maximum Gasteiger partial charge on any atom is 0.228 e. The summed E-state index contributed by atoms with van der Waals surface area (Å²) in [7, 11) is 0. The zero-order chi connectivity index (χ0) is 21.7. The predicted octanol–water partition coefficient (Wildman–Crippen LogP) is 2.11. The summed E-state index contributed by atoms with van der Waals surface area (Å²) in [4.78, 5) is 19.3. The summed E-state index contributed by atoms with van der Waals surface area (Å²) in [6.07, 6.45) is 5.42. The van der Waals surface area contributed by atoms with E-state index in [1.54, 1.807) is 17.1 Å². The minimum Gasteiger partial charge on any atom is -0.377 e. The lowest BCUT2D eigenvalue weighted by Crippen LogP contribution is -2.44. The first-order valence-corrected chi connectivity index (χ1v) is 10.8. The summed E-state index contributed by atoms with van der Waals surface area (Å²) in [6, 6.07) is 5.92. The number of ether oxygens (including phenoxy) is 1. The average Bonchev–Trinajstić information content (AvgIpc) is 3.16. The second kappa shape index (κ2) is 7.45. The van der Waals surface area contributed by atoms with Crippen LogP contribution < -0.4 is 10.2 Å². The van der Waals surface area contributed by atoms with E-state index in [0.29, 0.717) is 36.2 Å². The highest BCUT2D eigenvalue weighted by Gasteiger charge is 2.30. The van der Waals surface area contributed by atoms with Crippen molar-refractivity contribution in [2.75, 3.05) is 30.0 Å². The molecular weight excluding hydrogens is 410 g/mol. The Morgan fingerprint density at radius 2 is 2.16 bits per heavy atom. The molecule has 0 aromatic carbocycles. The first-order chi connectivity index (χ1) is 15.7. The van der Waals surface area contributed by atoms with Crippen LogP contribution >= 0.6 is 0 Å². The molecule has 0 radical (unpaired) electrons. The number of hydrogen-bond acceptors (Lipinski definition) is 7. The van der Waals surface area contributed by atoms with Crippen molar-refractivity contribution in [1.82, 2.24) is 35.2 Å². The molecular formula is C21H23N9O2. The highest BCUT2D eigenvalue weighted by atomic mass is 16.5. The number of amides is 1. The Kier molecular flexibility index (Phi) is 4.42. The molecule has 5 heterocycles. The van der Waals surface area contributed by atoms with Crippen LogP contribution in [-0.4, -0.2) is 66.9 Å². The molecule has 0 bridgehead atoms. The number of fused-ring (bicyclic) bond motifs is 1. The molecule has 4 aromatic rings. The third kappa shape index (κ3) is 3.30. The summed E-state index contributed by atoms with van der Waals surface area (Å²) in [5.41, 5.74) is 2.29. The Morgan fingerprint density at radius 3 is 2.94 bits per heavy atom. The Morgan fingerprint density at radius 1 is 1.25 bits per heavy atom. The number of carbonyl (C=O) groups excluding carboxylic acids is 1. The van der Waals surface area contributed by atoms with Gasteiger partial charge in [-0.2, -0.15) is 20.0 Å². The minimum absolute atomic E-state index is 0.0363. The Hall–Kier alpha value is -3.73. The molecule has 1 amide bonds. The largest absolute Gasteiger partial charge is 0.377 e. The van der Waals surface area contributed by atoms with Crippen LogP contribution in [0.1, 0.15) is 19.8 Å². The standard InChI is InChI=1S/C21H23N9O2/c1-12-11-32-7-6-29(12)19-8-14(16-9-17(27-26-16)24-21(31)13-2-3-13)15-10-23-30(20(15)25-19)18-4-5-22-28-18/h4-5,8-10,12-13H,2-3,6-7,11H2,1H3,(H,22,28)(H2,24,26,27,31)/t12-/m1/s1. The fourth-order valence-electron chi connectivity index (χ4n) is 4.06. The van der Waals surface area contributed by atoms with Gasteiger partial charge in [0, 0.05) is 41.7 Å². The highest BCUT2D eigenvalue weighted by Crippen LogP contribution is 2.34. The number of H-pyrrole nitrogens is 2. The molecule has 11 heteroatoms. The Balaban J connectivity index is 1.46. The van der Waals surface area contributed by atoms with E-state index < -0.39 is 0 Å². The summed E-state index contributed by atoms with van der Waals surface area (Å²) in [5, 5.41) is 22.8. The Labute approximate surface area is 183 Å². The third-order valence-electron chi connectivity index (χ3n) is 5.95. The smallest absolute Gasteiger partial charge is 0.228 e. The maximum atomic E-state index is 12.2. The van der Waals surface area contributed by atoms with Gasteiger partial charge in [-0.3, -0.25) is 15.0 Å². The van der Waals surface area contributed by atoms with Gasteiger partial charge < -0.3 is 15.0 Å². The topological polar surface area (TPSA) is 130 Å². The van der Waals surface area contributed by atoms with Crippen LogP contribution in [0.15, 0.2) is 30.6 Å². The molecule has 1 atom stereocenters. The zero-order valence-corrected chi connectivity index (χ0v) is 17.6. The van der Waals surface area contributed by atoms with Crippen molar-refractivity contribution >= 4 is 28.6 Å². The number of morpholine rings is 1. The molecule has 1 aliphatic heterocycles. The summed E-state index contributed by atoms with van der Waals surface area (Å²) < 4.78 is 7.32. The van der Waals surface area contributed by atoms with Gasteiger partial charge in [0.25, 0.3) is 0 Å². The highest BCUT2D eigenvalue weighted by molar-refractivity contribution is 5.96. The van der Waals surface area contributed by atoms with Crippen molar-refractivity contribution in [2.45, 2.75) is 25.8 Å². The number of hydrogen-bond donors (Lipinski definition) is 3. The van der Waals surface area contributed by atoms with E-state index in [0.717, 1.165) is 36.2 Å². The number of nitrogens with zero attached hydrogens (tertiary/aromatic N) is 6. The number of carbonyl (C=O) groups is 1. The first-order valence-electron chi connectivity index (χ1n) is 10.8. The molecule has 11 nitrogen and oxygen atoms in total. The van der Waals surface area contributed by atoms with E-state index in [4.69, 9.17) is 9.72 Å². The van der Waals surface area contributed by atoms with Gasteiger partial charge in [0.15, 0.2) is 11.5 Å². The van der Waals surface area contributed by atoms with Crippen LogP contribution in [0.4, 0.5) is 11.6 Å². The van der Waals surface area contributed by atoms with E-state index in [1.807, 2.05) is 18.2 Å². The lowest BCUT2D eigenvalue weighted by molar-refractivity contribution is -0.117. The molecule has 4 aromatic heterocycles. The fraction of sp³-hybridized carbons (Fsp3) is 0.381. The number of pyridine rings is 1. The van der Waals surface area contributed by atoms with Gasteiger partial charge in [0.05, 0.1) is 31.1 Å². The van der Waals surface area contributed by atoms with Crippen LogP contribution in [-0.2, 0) is 9.53 Å². The molecule has 3 N–H and O–H groups in total. The molecule has 6 rings (SSSR count). The van der Waals surface area contributed by atoms with Gasteiger partial charge in [-0.15, -0.1) is 0 Å². The van der Waals surface area contributed by atoms with Crippen molar-refractivity contribution in [3.05, 3.63) is 30.6 Å². The van der Waals surface area contributed by atoms with E-state index in [-0.39, 0.29) is 17.9 Å². The molecule has 2 fully saturated rings. The molecule has 1 saturated carbocycles. The molecule has 164 valence electrons. The van der Waals surface area contributed by atoms with Gasteiger partial charge in [-0.05, 0) is 25.8 Å². The summed E-state index contributed by atoms with van der Waals surface area (Å²) in [6.45, 7) is 4.17. The van der Waals surface area contributed by atoms with Crippen LogP contribution in [0.5, 0.6) is 0 Å². The number of nitrogens with one attached hydrogen (secondary N) is 3.